The molecule has 2 saturated carbocycles. The number of hydrogen-bond donors (Lipinski definition) is 4. The van der Waals surface area contributed by atoms with Gasteiger partial charge < -0.3 is 21.1 Å². The van der Waals surface area contributed by atoms with Crippen LogP contribution in [0.4, 0.5) is 0 Å². The molecule has 4 rings (SSSR count). The second kappa shape index (κ2) is 6.63. The Morgan fingerprint density at radius 3 is 2.81 bits per heavy atom. The SMILES string of the molecule is NC(=O)c1cc(C(=O)N[C@]23CCC[C@H]2CN(C(=O)[C@@H]2CC[C@@H](O)C2)C3)[nH]n1. The van der Waals surface area contributed by atoms with Gasteiger partial charge in [-0.2, -0.15) is 5.10 Å². The van der Waals surface area contributed by atoms with Gasteiger partial charge in [0, 0.05) is 31.0 Å². The maximum Gasteiger partial charge on any atom is 0.269 e. The number of hydrogen-bond acceptors (Lipinski definition) is 5. The van der Waals surface area contributed by atoms with Crippen LogP contribution >= 0.6 is 0 Å². The van der Waals surface area contributed by atoms with Crippen molar-refractivity contribution >= 4 is 17.7 Å². The van der Waals surface area contributed by atoms with Gasteiger partial charge in [-0.25, -0.2) is 0 Å². The summed E-state index contributed by atoms with van der Waals surface area (Å²) in [6.07, 6.45) is 4.34. The predicted molar refractivity (Wildman–Crippen MR) is 94.6 cm³/mol. The number of rotatable bonds is 4. The molecule has 3 fully saturated rings. The molecule has 3 aliphatic rings. The van der Waals surface area contributed by atoms with E-state index in [2.05, 4.69) is 15.5 Å². The minimum atomic E-state index is -0.696. The number of aromatic nitrogens is 2. The van der Waals surface area contributed by atoms with Gasteiger partial charge >= 0.3 is 0 Å². The molecule has 5 N–H and O–H groups in total. The van der Waals surface area contributed by atoms with Crippen LogP contribution in [0, 0.1) is 11.8 Å². The van der Waals surface area contributed by atoms with Gasteiger partial charge in [0.15, 0.2) is 5.69 Å². The number of primary amides is 1. The normalized spacial score (nSPS) is 32.5. The van der Waals surface area contributed by atoms with E-state index < -0.39 is 11.4 Å². The maximum atomic E-state index is 12.8. The highest BCUT2D eigenvalue weighted by Crippen LogP contribution is 2.43. The molecule has 3 amide bonds. The second-order valence-electron chi connectivity index (χ2n) is 8.11. The smallest absolute Gasteiger partial charge is 0.269 e. The Morgan fingerprint density at radius 2 is 2.15 bits per heavy atom. The van der Waals surface area contributed by atoms with Crippen LogP contribution in [-0.4, -0.2) is 62.7 Å². The van der Waals surface area contributed by atoms with Crippen molar-refractivity contribution in [2.45, 2.75) is 50.2 Å². The van der Waals surface area contributed by atoms with Gasteiger partial charge in [-0.3, -0.25) is 19.5 Å². The van der Waals surface area contributed by atoms with Gasteiger partial charge in [0.1, 0.15) is 5.69 Å². The Labute approximate surface area is 156 Å². The average Bonchev–Trinajstić information content (AvgIpc) is 3.36. The van der Waals surface area contributed by atoms with Crippen LogP contribution in [0.25, 0.3) is 0 Å². The summed E-state index contributed by atoms with van der Waals surface area (Å²) in [5.74, 6) is -0.842. The highest BCUT2D eigenvalue weighted by atomic mass is 16.3. The number of nitrogens with zero attached hydrogens (tertiary/aromatic N) is 2. The topological polar surface area (TPSA) is 141 Å². The number of carbonyl (C=O) groups is 3. The standard InChI is InChI=1S/C18H25N5O4/c19-15(25)13-7-14(22-21-13)16(26)20-18-5-1-2-11(18)8-23(9-18)17(27)10-3-4-12(24)6-10/h7,10-12,24H,1-6,8-9H2,(H2,19,25)(H,20,26)(H,21,22)/t10-,11+,12-,18+/m1/s1. The summed E-state index contributed by atoms with van der Waals surface area (Å²) >= 11 is 0. The lowest BCUT2D eigenvalue weighted by molar-refractivity contribution is -0.134. The third-order valence-electron chi connectivity index (χ3n) is 6.37. The molecule has 1 aromatic heterocycles. The monoisotopic (exact) mass is 375 g/mol. The number of aliphatic hydroxyl groups excluding tert-OH is 1. The molecule has 4 atom stereocenters. The number of nitrogens with one attached hydrogen (secondary N) is 2. The van der Waals surface area contributed by atoms with E-state index in [1.165, 1.54) is 6.07 Å². The van der Waals surface area contributed by atoms with Gasteiger partial charge in [-0.05, 0) is 32.1 Å². The van der Waals surface area contributed by atoms with E-state index >= 15 is 0 Å². The van der Waals surface area contributed by atoms with E-state index in [4.69, 9.17) is 5.73 Å². The first-order valence-corrected chi connectivity index (χ1v) is 9.52. The summed E-state index contributed by atoms with van der Waals surface area (Å²) in [5, 5.41) is 19.1. The molecule has 9 nitrogen and oxygen atoms in total. The number of fused-ring (bicyclic) bond motifs is 1. The number of likely N-dealkylation sites (tertiary alicyclic amines) is 1. The Morgan fingerprint density at radius 1 is 1.33 bits per heavy atom. The molecule has 1 aromatic rings. The highest BCUT2D eigenvalue weighted by molar-refractivity contribution is 5.97. The summed E-state index contributed by atoms with van der Waals surface area (Å²) in [4.78, 5) is 38.5. The molecular formula is C18H25N5O4. The molecule has 1 aliphatic heterocycles. The van der Waals surface area contributed by atoms with Crippen molar-refractivity contribution in [1.82, 2.24) is 20.4 Å². The van der Waals surface area contributed by atoms with E-state index in [-0.39, 0.29) is 41.1 Å². The molecular weight excluding hydrogens is 350 g/mol. The van der Waals surface area contributed by atoms with Crippen molar-refractivity contribution in [3.8, 4) is 0 Å². The lowest BCUT2D eigenvalue weighted by Gasteiger charge is -2.30. The molecule has 2 aliphatic carbocycles. The zero-order valence-corrected chi connectivity index (χ0v) is 15.1. The van der Waals surface area contributed by atoms with E-state index in [1.807, 2.05) is 4.90 Å². The Kier molecular flexibility index (Phi) is 4.41. The van der Waals surface area contributed by atoms with E-state index in [0.29, 0.717) is 25.9 Å². The van der Waals surface area contributed by atoms with E-state index in [1.54, 1.807) is 0 Å². The molecule has 146 valence electrons. The first kappa shape index (κ1) is 18.0. The number of aliphatic hydroxyl groups is 1. The number of H-pyrrole nitrogens is 1. The number of amides is 3. The van der Waals surface area contributed by atoms with Gasteiger partial charge in [0.25, 0.3) is 11.8 Å². The number of aromatic amines is 1. The third-order valence-corrected chi connectivity index (χ3v) is 6.37. The van der Waals surface area contributed by atoms with Crippen molar-refractivity contribution in [1.29, 1.82) is 0 Å². The van der Waals surface area contributed by atoms with Crippen LogP contribution in [0.15, 0.2) is 6.07 Å². The van der Waals surface area contributed by atoms with Crippen molar-refractivity contribution in [3.05, 3.63) is 17.5 Å². The quantitative estimate of drug-likeness (QED) is 0.576. The molecule has 0 radical (unpaired) electrons. The van der Waals surface area contributed by atoms with Crippen LogP contribution < -0.4 is 11.1 Å². The predicted octanol–water partition coefficient (Wildman–Crippen LogP) is -0.220. The molecule has 0 bridgehead atoms. The van der Waals surface area contributed by atoms with Gasteiger partial charge in [-0.1, -0.05) is 6.42 Å². The summed E-state index contributed by atoms with van der Waals surface area (Å²) in [7, 11) is 0. The summed E-state index contributed by atoms with van der Waals surface area (Å²) in [5.41, 5.74) is 4.94. The molecule has 27 heavy (non-hydrogen) atoms. The summed E-state index contributed by atoms with van der Waals surface area (Å²) in [6, 6.07) is 1.34. The van der Waals surface area contributed by atoms with Crippen LogP contribution in [0.2, 0.25) is 0 Å². The van der Waals surface area contributed by atoms with Gasteiger partial charge in [0.2, 0.25) is 5.91 Å². The summed E-state index contributed by atoms with van der Waals surface area (Å²) < 4.78 is 0. The van der Waals surface area contributed by atoms with Crippen LogP contribution in [0.3, 0.4) is 0 Å². The maximum absolute atomic E-state index is 12.8. The fourth-order valence-electron chi connectivity index (χ4n) is 4.96. The van der Waals surface area contributed by atoms with Gasteiger partial charge in [-0.15, -0.1) is 0 Å². The van der Waals surface area contributed by atoms with Crippen molar-refractivity contribution in [3.63, 3.8) is 0 Å². The molecule has 9 heteroatoms. The Bertz CT molecular complexity index is 778. The molecule has 1 saturated heterocycles. The lowest BCUT2D eigenvalue weighted by atomic mass is 9.90. The fourth-order valence-corrected chi connectivity index (χ4v) is 4.96. The molecule has 0 spiro atoms. The Balaban J connectivity index is 1.46. The van der Waals surface area contributed by atoms with E-state index in [0.717, 1.165) is 25.7 Å². The van der Waals surface area contributed by atoms with Gasteiger partial charge in [0.05, 0.1) is 11.6 Å². The summed E-state index contributed by atoms with van der Waals surface area (Å²) in [6.45, 7) is 1.13. The fraction of sp³-hybridized carbons (Fsp3) is 0.667. The number of nitrogens with two attached hydrogens (primary N) is 1. The zero-order valence-electron chi connectivity index (χ0n) is 15.1. The second-order valence-corrected chi connectivity index (χ2v) is 8.11. The first-order valence-electron chi connectivity index (χ1n) is 9.52. The van der Waals surface area contributed by atoms with Crippen molar-refractivity contribution < 1.29 is 19.5 Å². The zero-order chi connectivity index (χ0) is 19.2. The van der Waals surface area contributed by atoms with Crippen LogP contribution in [0.5, 0.6) is 0 Å². The van der Waals surface area contributed by atoms with Crippen molar-refractivity contribution in [2.24, 2.45) is 17.6 Å². The lowest BCUT2D eigenvalue weighted by Crippen LogP contribution is -2.52. The Hall–Kier alpha value is -2.42. The molecule has 0 aromatic carbocycles. The molecule has 2 heterocycles. The van der Waals surface area contributed by atoms with Crippen LogP contribution in [-0.2, 0) is 4.79 Å². The number of carbonyl (C=O) groups excluding carboxylic acids is 3. The minimum absolute atomic E-state index is 0.0173. The van der Waals surface area contributed by atoms with Crippen LogP contribution in [0.1, 0.15) is 59.5 Å². The minimum Gasteiger partial charge on any atom is -0.393 e. The molecule has 0 unspecified atom stereocenters. The first-order chi connectivity index (χ1) is 12.9. The van der Waals surface area contributed by atoms with Crippen molar-refractivity contribution in [2.75, 3.05) is 13.1 Å². The third kappa shape index (κ3) is 3.20. The largest absolute Gasteiger partial charge is 0.393 e. The average molecular weight is 375 g/mol. The highest BCUT2D eigenvalue weighted by Gasteiger charge is 2.52. The van der Waals surface area contributed by atoms with E-state index in [9.17, 15) is 19.5 Å².